The van der Waals surface area contributed by atoms with E-state index in [0.717, 1.165) is 18.9 Å². The largest absolute Gasteiger partial charge is 0.494 e. The van der Waals surface area contributed by atoms with Crippen LogP contribution in [0.3, 0.4) is 0 Å². The van der Waals surface area contributed by atoms with Crippen LogP contribution in [0.15, 0.2) is 12.1 Å². The van der Waals surface area contributed by atoms with Gasteiger partial charge in [-0.25, -0.2) is 4.39 Å². The summed E-state index contributed by atoms with van der Waals surface area (Å²) in [5, 5.41) is 9.66. The smallest absolute Gasteiger partial charge is 0.200 e. The maximum atomic E-state index is 13.3. The van der Waals surface area contributed by atoms with E-state index in [-0.39, 0.29) is 5.75 Å². The molecule has 1 saturated carbocycles. The van der Waals surface area contributed by atoms with Crippen molar-refractivity contribution in [1.82, 2.24) is 0 Å². The number of methoxy groups -OCH3 is 1. The Morgan fingerprint density at radius 1 is 1.38 bits per heavy atom. The van der Waals surface area contributed by atoms with Gasteiger partial charge in [0.25, 0.3) is 0 Å². The maximum absolute atomic E-state index is 13.3. The molecule has 0 aliphatic heterocycles. The summed E-state index contributed by atoms with van der Waals surface area (Å²) in [6, 6.07) is 2.62. The number of benzene rings is 1. The van der Waals surface area contributed by atoms with Crippen molar-refractivity contribution in [2.45, 2.75) is 31.3 Å². The van der Waals surface area contributed by atoms with E-state index in [1.54, 1.807) is 6.92 Å². The van der Waals surface area contributed by atoms with E-state index in [2.05, 4.69) is 0 Å². The highest BCUT2D eigenvalue weighted by Crippen LogP contribution is 2.51. The van der Waals surface area contributed by atoms with Crippen molar-refractivity contribution in [1.29, 1.82) is 0 Å². The van der Waals surface area contributed by atoms with Crippen LogP contribution in [-0.4, -0.2) is 18.3 Å². The molecule has 4 heteroatoms. The molecule has 0 aromatic heterocycles. The molecule has 0 radical (unpaired) electrons. The van der Waals surface area contributed by atoms with E-state index >= 15 is 0 Å². The van der Waals surface area contributed by atoms with Crippen molar-refractivity contribution in [2.24, 2.45) is 0 Å². The molecule has 16 heavy (non-hydrogen) atoms. The van der Waals surface area contributed by atoms with Crippen LogP contribution >= 0.6 is 0 Å². The van der Waals surface area contributed by atoms with E-state index in [9.17, 15) is 13.9 Å². The number of hydrogen-bond acceptors (Lipinski definition) is 2. The first-order chi connectivity index (χ1) is 7.51. The van der Waals surface area contributed by atoms with Gasteiger partial charge in [0.15, 0.2) is 11.6 Å². The molecule has 1 atom stereocenters. The van der Waals surface area contributed by atoms with Crippen LogP contribution < -0.4 is 4.74 Å². The zero-order chi connectivity index (χ0) is 11.9. The highest BCUT2D eigenvalue weighted by Gasteiger charge is 2.49. The number of hydrogen-bond donors (Lipinski definition) is 1. The van der Waals surface area contributed by atoms with Crippen LogP contribution in [0.25, 0.3) is 0 Å². The molecule has 1 aliphatic rings. The fraction of sp³-hybridized carbons (Fsp3) is 0.500. The van der Waals surface area contributed by atoms with Gasteiger partial charge in [-0.15, -0.1) is 0 Å². The third-order valence-corrected chi connectivity index (χ3v) is 3.38. The Balaban J connectivity index is 2.47. The lowest BCUT2D eigenvalue weighted by Crippen LogP contribution is -2.22. The van der Waals surface area contributed by atoms with Gasteiger partial charge in [0, 0.05) is 5.41 Å². The Morgan fingerprint density at radius 2 is 2.00 bits per heavy atom. The van der Waals surface area contributed by atoms with Gasteiger partial charge in [-0.05, 0) is 37.5 Å². The first-order valence-electron chi connectivity index (χ1n) is 5.23. The molecule has 88 valence electrons. The van der Waals surface area contributed by atoms with Gasteiger partial charge < -0.3 is 9.84 Å². The number of ether oxygens (including phenoxy) is 1. The summed E-state index contributed by atoms with van der Waals surface area (Å²) >= 11 is 0. The number of halogens is 2. The second kappa shape index (κ2) is 3.70. The molecule has 0 heterocycles. The summed E-state index contributed by atoms with van der Waals surface area (Å²) < 4.78 is 31.3. The van der Waals surface area contributed by atoms with Gasteiger partial charge in [-0.2, -0.15) is 4.39 Å². The lowest BCUT2D eigenvalue weighted by Gasteiger charge is -2.20. The van der Waals surface area contributed by atoms with Crippen LogP contribution in [0.1, 0.15) is 25.3 Å². The van der Waals surface area contributed by atoms with E-state index in [1.165, 1.54) is 13.2 Å². The van der Waals surface area contributed by atoms with E-state index in [1.807, 2.05) is 0 Å². The van der Waals surface area contributed by atoms with Crippen LogP contribution in [0, 0.1) is 11.6 Å². The van der Waals surface area contributed by atoms with Gasteiger partial charge in [0.2, 0.25) is 5.82 Å². The second-order valence-corrected chi connectivity index (χ2v) is 4.31. The van der Waals surface area contributed by atoms with Crippen molar-refractivity contribution < 1.29 is 18.6 Å². The molecule has 1 fully saturated rings. The third kappa shape index (κ3) is 1.57. The number of aliphatic hydroxyl groups is 1. The molecule has 0 bridgehead atoms. The zero-order valence-electron chi connectivity index (χ0n) is 9.26. The number of aliphatic hydroxyl groups excluding tert-OH is 1. The Bertz CT molecular complexity index is 412. The molecule has 1 aromatic rings. The van der Waals surface area contributed by atoms with Gasteiger partial charge >= 0.3 is 0 Å². The molecule has 1 unspecified atom stereocenters. The molecule has 2 nitrogen and oxygen atoms in total. The fourth-order valence-electron chi connectivity index (χ4n) is 2.08. The lowest BCUT2D eigenvalue weighted by molar-refractivity contribution is 0.150. The standard InChI is InChI=1S/C12H14F2O2/c1-7(15)12(3-4-12)8-5-9(13)11(14)10(6-8)16-2/h5-7,15H,3-4H2,1-2H3. The van der Waals surface area contributed by atoms with Crippen LogP contribution in [0.5, 0.6) is 5.75 Å². The normalized spacial score (nSPS) is 19.3. The van der Waals surface area contributed by atoms with Crippen LogP contribution in [-0.2, 0) is 5.41 Å². The lowest BCUT2D eigenvalue weighted by atomic mass is 9.90. The summed E-state index contributed by atoms with van der Waals surface area (Å²) in [4.78, 5) is 0. The van der Waals surface area contributed by atoms with Crippen LogP contribution in [0.4, 0.5) is 8.78 Å². The second-order valence-electron chi connectivity index (χ2n) is 4.31. The Labute approximate surface area is 92.9 Å². The SMILES string of the molecule is COc1cc(C2(C(C)O)CC2)cc(F)c1F. The molecule has 1 aliphatic carbocycles. The minimum absolute atomic E-state index is 0.109. The molecule has 0 saturated heterocycles. The minimum Gasteiger partial charge on any atom is -0.494 e. The zero-order valence-corrected chi connectivity index (χ0v) is 9.26. The van der Waals surface area contributed by atoms with E-state index in [4.69, 9.17) is 4.74 Å². The summed E-state index contributed by atoms with van der Waals surface area (Å²) in [5.74, 6) is -2.02. The van der Waals surface area contributed by atoms with Gasteiger partial charge in [-0.3, -0.25) is 0 Å². The average Bonchev–Trinajstić information content (AvgIpc) is 3.02. The first kappa shape index (κ1) is 11.3. The van der Waals surface area contributed by atoms with Crippen molar-refractivity contribution in [2.75, 3.05) is 7.11 Å². The molecule has 0 spiro atoms. The monoisotopic (exact) mass is 228 g/mol. The molecular weight excluding hydrogens is 214 g/mol. The summed E-state index contributed by atoms with van der Waals surface area (Å²) in [5.41, 5.74) is 0.195. The predicted octanol–water partition coefficient (Wildman–Crippen LogP) is 2.39. The fourth-order valence-corrected chi connectivity index (χ4v) is 2.08. The molecule has 0 amide bonds. The Hall–Kier alpha value is -1.16. The molecule has 2 rings (SSSR count). The molecule has 1 N–H and O–H groups in total. The molecular formula is C12H14F2O2. The first-order valence-corrected chi connectivity index (χ1v) is 5.23. The maximum Gasteiger partial charge on any atom is 0.200 e. The summed E-state index contributed by atoms with van der Waals surface area (Å²) in [7, 11) is 1.30. The summed E-state index contributed by atoms with van der Waals surface area (Å²) in [6.45, 7) is 1.67. The predicted molar refractivity (Wildman–Crippen MR) is 55.5 cm³/mol. The summed E-state index contributed by atoms with van der Waals surface area (Å²) in [6.07, 6.45) is 1.01. The van der Waals surface area contributed by atoms with E-state index in [0.29, 0.717) is 5.56 Å². The van der Waals surface area contributed by atoms with Gasteiger partial charge in [0.1, 0.15) is 0 Å². The number of rotatable bonds is 3. The minimum atomic E-state index is -0.979. The Morgan fingerprint density at radius 3 is 2.44 bits per heavy atom. The quantitative estimate of drug-likeness (QED) is 0.860. The van der Waals surface area contributed by atoms with E-state index < -0.39 is 23.2 Å². The van der Waals surface area contributed by atoms with Crippen molar-refractivity contribution in [3.8, 4) is 5.75 Å². The molecule has 1 aromatic carbocycles. The van der Waals surface area contributed by atoms with Gasteiger partial charge in [0.05, 0.1) is 13.2 Å². The highest BCUT2D eigenvalue weighted by molar-refractivity contribution is 5.40. The van der Waals surface area contributed by atoms with Crippen molar-refractivity contribution >= 4 is 0 Å². The van der Waals surface area contributed by atoms with Gasteiger partial charge in [-0.1, -0.05) is 0 Å². The average molecular weight is 228 g/mol. The Kier molecular flexibility index (Phi) is 2.62. The third-order valence-electron chi connectivity index (χ3n) is 3.38. The van der Waals surface area contributed by atoms with Crippen LogP contribution in [0.2, 0.25) is 0 Å². The highest BCUT2D eigenvalue weighted by atomic mass is 19.2. The van der Waals surface area contributed by atoms with Crippen molar-refractivity contribution in [3.05, 3.63) is 29.3 Å². The topological polar surface area (TPSA) is 29.5 Å². The van der Waals surface area contributed by atoms with Crippen molar-refractivity contribution in [3.63, 3.8) is 0 Å².